The first kappa shape index (κ1) is 16.1. The molecular formula is C18H29N4O+. The Morgan fingerprint density at radius 1 is 1.09 bits per heavy atom. The number of piperidine rings is 1. The number of benzene rings is 1. The Bertz CT molecular complexity index is 546. The SMILES string of the molecule is Cc1ccc(N2CCN(C(=O)NC3CC[NH2+]CC3)CC2)cc1C. The predicted octanol–water partition coefficient (Wildman–Crippen LogP) is 0.861. The number of piperazine rings is 1. The summed E-state index contributed by atoms with van der Waals surface area (Å²) in [7, 11) is 0. The van der Waals surface area contributed by atoms with Gasteiger partial charge in [0.25, 0.3) is 0 Å². The summed E-state index contributed by atoms with van der Waals surface area (Å²) in [5.74, 6) is 0. The van der Waals surface area contributed by atoms with Gasteiger partial charge in [0.05, 0.1) is 13.1 Å². The van der Waals surface area contributed by atoms with E-state index in [1.807, 2.05) is 4.90 Å². The molecule has 0 aromatic heterocycles. The maximum absolute atomic E-state index is 12.4. The van der Waals surface area contributed by atoms with Gasteiger partial charge in [-0.25, -0.2) is 4.79 Å². The quantitative estimate of drug-likeness (QED) is 0.850. The van der Waals surface area contributed by atoms with E-state index >= 15 is 0 Å². The molecule has 1 aromatic carbocycles. The van der Waals surface area contributed by atoms with Crippen LogP contribution in [0, 0.1) is 13.8 Å². The van der Waals surface area contributed by atoms with Crippen molar-refractivity contribution in [2.24, 2.45) is 0 Å². The molecule has 1 aromatic rings. The summed E-state index contributed by atoms with van der Waals surface area (Å²) in [5, 5.41) is 5.53. The average molecular weight is 317 g/mol. The fourth-order valence-corrected chi connectivity index (χ4v) is 3.43. The maximum Gasteiger partial charge on any atom is 0.317 e. The van der Waals surface area contributed by atoms with Gasteiger partial charge in [0.15, 0.2) is 0 Å². The number of hydrogen-bond donors (Lipinski definition) is 2. The fraction of sp³-hybridized carbons (Fsp3) is 0.611. The molecule has 5 heteroatoms. The fourth-order valence-electron chi connectivity index (χ4n) is 3.43. The third-order valence-electron chi connectivity index (χ3n) is 5.19. The van der Waals surface area contributed by atoms with Crippen molar-refractivity contribution in [2.45, 2.75) is 32.7 Å². The van der Waals surface area contributed by atoms with Gasteiger partial charge in [-0.15, -0.1) is 0 Å². The zero-order chi connectivity index (χ0) is 16.2. The maximum atomic E-state index is 12.4. The number of carbonyl (C=O) groups is 1. The molecule has 0 radical (unpaired) electrons. The van der Waals surface area contributed by atoms with Crippen molar-refractivity contribution < 1.29 is 10.1 Å². The first-order valence-corrected chi connectivity index (χ1v) is 8.83. The molecule has 2 aliphatic rings. The van der Waals surface area contributed by atoms with Crippen LogP contribution in [-0.4, -0.2) is 56.2 Å². The van der Waals surface area contributed by atoms with Crippen molar-refractivity contribution in [3.05, 3.63) is 29.3 Å². The molecule has 2 fully saturated rings. The lowest BCUT2D eigenvalue weighted by Gasteiger charge is -2.37. The predicted molar refractivity (Wildman–Crippen MR) is 92.9 cm³/mol. The third kappa shape index (κ3) is 3.96. The molecule has 0 spiro atoms. The van der Waals surface area contributed by atoms with Crippen LogP contribution in [0.3, 0.4) is 0 Å². The molecule has 0 atom stereocenters. The highest BCUT2D eigenvalue weighted by molar-refractivity contribution is 5.75. The van der Waals surface area contributed by atoms with Crippen LogP contribution in [0.2, 0.25) is 0 Å². The second-order valence-corrected chi connectivity index (χ2v) is 6.83. The number of aryl methyl sites for hydroxylation is 2. The molecule has 0 unspecified atom stereocenters. The van der Waals surface area contributed by atoms with E-state index in [1.165, 1.54) is 16.8 Å². The number of nitrogens with zero attached hydrogens (tertiary/aromatic N) is 2. The van der Waals surface area contributed by atoms with E-state index in [9.17, 15) is 4.79 Å². The lowest BCUT2D eigenvalue weighted by atomic mass is 10.1. The number of nitrogens with one attached hydrogen (secondary N) is 1. The van der Waals surface area contributed by atoms with Crippen molar-refractivity contribution in [2.75, 3.05) is 44.2 Å². The summed E-state index contributed by atoms with van der Waals surface area (Å²) in [6.07, 6.45) is 2.18. The van der Waals surface area contributed by atoms with Crippen LogP contribution < -0.4 is 15.5 Å². The highest BCUT2D eigenvalue weighted by Gasteiger charge is 2.24. The number of quaternary nitrogens is 1. The van der Waals surface area contributed by atoms with Gasteiger partial charge in [0, 0.05) is 50.7 Å². The molecule has 23 heavy (non-hydrogen) atoms. The van der Waals surface area contributed by atoms with E-state index in [2.05, 4.69) is 47.6 Å². The molecule has 0 bridgehead atoms. The van der Waals surface area contributed by atoms with Crippen LogP contribution in [0.25, 0.3) is 0 Å². The van der Waals surface area contributed by atoms with Gasteiger partial charge in [-0.3, -0.25) is 0 Å². The van der Waals surface area contributed by atoms with E-state index in [-0.39, 0.29) is 6.03 Å². The number of amides is 2. The van der Waals surface area contributed by atoms with Crippen molar-refractivity contribution in [3.63, 3.8) is 0 Å². The molecule has 0 aliphatic carbocycles. The normalized spacial score (nSPS) is 19.7. The number of carbonyl (C=O) groups excluding carboxylic acids is 1. The van der Waals surface area contributed by atoms with E-state index < -0.39 is 0 Å². The number of urea groups is 1. The summed E-state index contributed by atoms with van der Waals surface area (Å²) in [4.78, 5) is 16.7. The summed E-state index contributed by atoms with van der Waals surface area (Å²) >= 11 is 0. The number of anilines is 1. The van der Waals surface area contributed by atoms with Gasteiger partial charge in [-0.1, -0.05) is 6.07 Å². The van der Waals surface area contributed by atoms with Crippen molar-refractivity contribution in [3.8, 4) is 0 Å². The molecule has 3 rings (SSSR count). The smallest absolute Gasteiger partial charge is 0.317 e. The van der Waals surface area contributed by atoms with E-state index in [0.29, 0.717) is 6.04 Å². The molecule has 126 valence electrons. The Morgan fingerprint density at radius 3 is 2.43 bits per heavy atom. The Morgan fingerprint density at radius 2 is 1.78 bits per heavy atom. The van der Waals surface area contributed by atoms with Crippen LogP contribution in [-0.2, 0) is 0 Å². The molecule has 2 amide bonds. The molecule has 2 heterocycles. The van der Waals surface area contributed by atoms with Gasteiger partial charge in [-0.05, 0) is 37.1 Å². The summed E-state index contributed by atoms with van der Waals surface area (Å²) in [6.45, 7) is 9.99. The van der Waals surface area contributed by atoms with Crippen LogP contribution in [0.1, 0.15) is 24.0 Å². The highest BCUT2D eigenvalue weighted by Crippen LogP contribution is 2.20. The molecule has 0 saturated carbocycles. The van der Waals surface area contributed by atoms with Crippen LogP contribution >= 0.6 is 0 Å². The Labute approximate surface area is 139 Å². The van der Waals surface area contributed by atoms with Gasteiger partial charge in [0.2, 0.25) is 0 Å². The van der Waals surface area contributed by atoms with Crippen molar-refractivity contribution in [1.82, 2.24) is 10.2 Å². The lowest BCUT2D eigenvalue weighted by Crippen LogP contribution is -2.87. The van der Waals surface area contributed by atoms with Crippen LogP contribution in [0.5, 0.6) is 0 Å². The van der Waals surface area contributed by atoms with Crippen molar-refractivity contribution in [1.29, 1.82) is 0 Å². The van der Waals surface area contributed by atoms with E-state index in [1.54, 1.807) is 0 Å². The first-order chi connectivity index (χ1) is 11.1. The summed E-state index contributed by atoms with van der Waals surface area (Å²) < 4.78 is 0. The summed E-state index contributed by atoms with van der Waals surface area (Å²) in [5.41, 5.74) is 3.93. The minimum Gasteiger partial charge on any atom is -0.368 e. The third-order valence-corrected chi connectivity index (χ3v) is 5.19. The van der Waals surface area contributed by atoms with Gasteiger partial charge < -0.3 is 20.4 Å². The lowest BCUT2D eigenvalue weighted by molar-refractivity contribution is -0.663. The molecule has 2 aliphatic heterocycles. The first-order valence-electron chi connectivity index (χ1n) is 8.83. The van der Waals surface area contributed by atoms with E-state index in [0.717, 1.165) is 52.1 Å². The van der Waals surface area contributed by atoms with Crippen LogP contribution in [0.4, 0.5) is 10.5 Å². The largest absolute Gasteiger partial charge is 0.368 e. The Hall–Kier alpha value is -1.75. The zero-order valence-corrected chi connectivity index (χ0v) is 14.3. The monoisotopic (exact) mass is 317 g/mol. The standard InChI is InChI=1S/C18H28N4O/c1-14-3-4-17(13-15(14)2)21-9-11-22(12-10-21)18(23)20-16-5-7-19-8-6-16/h3-4,13,16,19H,5-12H2,1-2H3,(H,20,23)/p+1. The molecular weight excluding hydrogens is 288 g/mol. The second-order valence-electron chi connectivity index (χ2n) is 6.83. The summed E-state index contributed by atoms with van der Waals surface area (Å²) in [6, 6.07) is 7.12. The molecule has 5 nitrogen and oxygen atoms in total. The minimum atomic E-state index is 0.122. The topological polar surface area (TPSA) is 52.2 Å². The van der Waals surface area contributed by atoms with Gasteiger partial charge in [-0.2, -0.15) is 0 Å². The molecule has 2 saturated heterocycles. The number of nitrogens with two attached hydrogens (primary N) is 1. The molecule has 3 N–H and O–H groups in total. The Kier molecular flexibility index (Phi) is 5.06. The van der Waals surface area contributed by atoms with Gasteiger partial charge in [0.1, 0.15) is 0 Å². The zero-order valence-electron chi connectivity index (χ0n) is 14.3. The highest BCUT2D eigenvalue weighted by atomic mass is 16.2. The number of hydrogen-bond acceptors (Lipinski definition) is 2. The van der Waals surface area contributed by atoms with Gasteiger partial charge >= 0.3 is 6.03 Å². The number of rotatable bonds is 2. The van der Waals surface area contributed by atoms with Crippen molar-refractivity contribution >= 4 is 11.7 Å². The Balaban J connectivity index is 1.51. The second kappa shape index (κ2) is 7.21. The average Bonchev–Trinajstić information content (AvgIpc) is 2.58. The van der Waals surface area contributed by atoms with Crippen LogP contribution in [0.15, 0.2) is 18.2 Å². The minimum absolute atomic E-state index is 0.122. The van der Waals surface area contributed by atoms with E-state index in [4.69, 9.17) is 0 Å².